The second-order valence-corrected chi connectivity index (χ2v) is 11.3. The van der Waals surface area contributed by atoms with Crippen LogP contribution in [0.15, 0.2) is 42.5 Å². The van der Waals surface area contributed by atoms with Crippen LogP contribution in [-0.2, 0) is 26.2 Å². The second kappa shape index (κ2) is 12.9. The van der Waals surface area contributed by atoms with E-state index in [0.29, 0.717) is 30.4 Å². The highest BCUT2D eigenvalue weighted by Crippen LogP contribution is 2.34. The molecule has 38 heavy (non-hydrogen) atoms. The summed E-state index contributed by atoms with van der Waals surface area (Å²) >= 11 is 0. The lowest BCUT2D eigenvalue weighted by Gasteiger charge is -2.30. The van der Waals surface area contributed by atoms with E-state index in [1.165, 1.54) is 15.3 Å². The van der Waals surface area contributed by atoms with Crippen LogP contribution >= 0.6 is 0 Å². The van der Waals surface area contributed by atoms with Crippen molar-refractivity contribution in [2.24, 2.45) is 0 Å². The van der Waals surface area contributed by atoms with Crippen LogP contribution in [0.2, 0.25) is 0 Å². The maximum Gasteiger partial charge on any atom is 0.242 e. The van der Waals surface area contributed by atoms with E-state index in [1.54, 1.807) is 43.3 Å². The normalized spacial score (nSPS) is 14.3. The Hall–Kier alpha value is -3.34. The maximum absolute atomic E-state index is 14.4. The Morgan fingerprint density at radius 1 is 1.08 bits per heavy atom. The molecule has 0 aromatic heterocycles. The van der Waals surface area contributed by atoms with Crippen molar-refractivity contribution in [3.63, 3.8) is 0 Å². The van der Waals surface area contributed by atoms with Crippen molar-refractivity contribution < 1.29 is 31.9 Å². The van der Waals surface area contributed by atoms with Gasteiger partial charge in [0.25, 0.3) is 0 Å². The number of nitrogens with one attached hydrogen (secondary N) is 1. The van der Waals surface area contributed by atoms with Crippen LogP contribution < -0.4 is 19.1 Å². The number of hydrogen-bond donors (Lipinski definition) is 1. The Kier molecular flexibility index (Phi) is 9.96. The molecule has 1 N–H and O–H groups in total. The minimum absolute atomic E-state index is 0.0329. The summed E-state index contributed by atoms with van der Waals surface area (Å²) in [5.41, 5.74) is 0.687. The fourth-order valence-electron chi connectivity index (χ4n) is 4.05. The Balaban J connectivity index is 1.75. The van der Waals surface area contributed by atoms with Crippen LogP contribution in [-0.4, -0.2) is 63.2 Å². The summed E-state index contributed by atoms with van der Waals surface area (Å²) in [6, 6.07) is 10.1. The van der Waals surface area contributed by atoms with Crippen molar-refractivity contribution in [1.82, 2.24) is 10.2 Å². The van der Waals surface area contributed by atoms with E-state index < -0.39 is 21.9 Å². The van der Waals surface area contributed by atoms with Gasteiger partial charge in [-0.2, -0.15) is 0 Å². The van der Waals surface area contributed by atoms with Gasteiger partial charge in [0, 0.05) is 37.2 Å². The third-order valence-corrected chi connectivity index (χ3v) is 7.63. The average molecular weight is 550 g/mol. The molecule has 11 heteroatoms. The number of amides is 2. The summed E-state index contributed by atoms with van der Waals surface area (Å²) < 4.78 is 51.9. The SMILES string of the molecule is CC[C@@H](C)NC(=O)[C@@H](C)N(Cc1ccccc1F)C(=O)CCCN(c1ccc2c(c1)OCCO2)S(C)(=O)=O. The number of carbonyl (C=O) groups is 2. The van der Waals surface area contributed by atoms with Gasteiger partial charge in [0.15, 0.2) is 11.5 Å². The van der Waals surface area contributed by atoms with Crippen LogP contribution in [0.1, 0.15) is 45.6 Å². The van der Waals surface area contributed by atoms with Crippen molar-refractivity contribution in [2.75, 3.05) is 30.3 Å². The predicted octanol–water partition coefficient (Wildman–Crippen LogP) is 3.48. The van der Waals surface area contributed by atoms with Gasteiger partial charge in [-0.05, 0) is 44.9 Å². The Bertz CT molecular complexity index is 1240. The monoisotopic (exact) mass is 549 g/mol. The van der Waals surface area contributed by atoms with E-state index in [0.717, 1.165) is 12.7 Å². The van der Waals surface area contributed by atoms with Crippen LogP contribution in [0.5, 0.6) is 11.5 Å². The molecule has 0 saturated carbocycles. The first-order valence-electron chi connectivity index (χ1n) is 12.7. The molecule has 0 fully saturated rings. The Labute approximate surface area is 224 Å². The van der Waals surface area contributed by atoms with E-state index in [9.17, 15) is 22.4 Å². The van der Waals surface area contributed by atoms with Gasteiger partial charge in [0.2, 0.25) is 21.8 Å². The number of sulfonamides is 1. The van der Waals surface area contributed by atoms with Gasteiger partial charge in [-0.3, -0.25) is 13.9 Å². The molecule has 0 saturated heterocycles. The molecule has 2 amide bonds. The van der Waals surface area contributed by atoms with Crippen molar-refractivity contribution >= 4 is 27.5 Å². The van der Waals surface area contributed by atoms with Gasteiger partial charge in [-0.1, -0.05) is 25.1 Å². The lowest BCUT2D eigenvalue weighted by Crippen LogP contribution is -2.49. The molecular weight excluding hydrogens is 513 g/mol. The molecule has 1 heterocycles. The molecule has 1 aliphatic heterocycles. The molecular formula is C27H36FN3O6S. The van der Waals surface area contributed by atoms with Crippen LogP contribution in [0.25, 0.3) is 0 Å². The van der Waals surface area contributed by atoms with Gasteiger partial charge >= 0.3 is 0 Å². The zero-order chi connectivity index (χ0) is 27.9. The van der Waals surface area contributed by atoms with Crippen LogP contribution in [0.4, 0.5) is 10.1 Å². The second-order valence-electron chi connectivity index (χ2n) is 9.37. The summed E-state index contributed by atoms with van der Waals surface area (Å²) in [6.45, 7) is 6.14. The molecule has 2 atom stereocenters. The van der Waals surface area contributed by atoms with E-state index >= 15 is 0 Å². The molecule has 3 rings (SSSR count). The Morgan fingerprint density at radius 3 is 2.42 bits per heavy atom. The number of carbonyl (C=O) groups excluding carboxylic acids is 2. The number of ether oxygens (including phenoxy) is 2. The number of benzene rings is 2. The Morgan fingerprint density at radius 2 is 1.76 bits per heavy atom. The van der Waals surface area contributed by atoms with Crippen molar-refractivity contribution in [2.45, 2.75) is 58.7 Å². The lowest BCUT2D eigenvalue weighted by atomic mass is 10.1. The molecule has 2 aromatic rings. The van der Waals surface area contributed by atoms with E-state index in [4.69, 9.17) is 9.47 Å². The summed E-state index contributed by atoms with van der Waals surface area (Å²) in [4.78, 5) is 27.5. The highest BCUT2D eigenvalue weighted by Gasteiger charge is 2.28. The number of fused-ring (bicyclic) bond motifs is 1. The number of rotatable bonds is 12. The van der Waals surface area contributed by atoms with E-state index in [2.05, 4.69) is 5.32 Å². The average Bonchev–Trinajstić information content (AvgIpc) is 2.89. The molecule has 0 spiro atoms. The topological polar surface area (TPSA) is 105 Å². The maximum atomic E-state index is 14.4. The number of anilines is 1. The van der Waals surface area contributed by atoms with Crippen LogP contribution in [0, 0.1) is 5.82 Å². The van der Waals surface area contributed by atoms with Crippen molar-refractivity contribution in [3.05, 3.63) is 53.8 Å². The van der Waals surface area contributed by atoms with Crippen molar-refractivity contribution in [3.8, 4) is 11.5 Å². The molecule has 0 aliphatic carbocycles. The first-order valence-corrected chi connectivity index (χ1v) is 14.6. The fraction of sp³-hybridized carbons (Fsp3) is 0.481. The summed E-state index contributed by atoms with van der Waals surface area (Å²) in [5, 5.41) is 2.87. The zero-order valence-electron chi connectivity index (χ0n) is 22.3. The zero-order valence-corrected chi connectivity index (χ0v) is 23.1. The van der Waals surface area contributed by atoms with E-state index in [1.807, 2.05) is 13.8 Å². The first kappa shape index (κ1) is 29.2. The smallest absolute Gasteiger partial charge is 0.242 e. The minimum Gasteiger partial charge on any atom is -0.486 e. The third kappa shape index (κ3) is 7.59. The molecule has 0 bridgehead atoms. The largest absolute Gasteiger partial charge is 0.486 e. The molecule has 9 nitrogen and oxygen atoms in total. The summed E-state index contributed by atoms with van der Waals surface area (Å²) in [7, 11) is -3.66. The summed E-state index contributed by atoms with van der Waals surface area (Å²) in [6.07, 6.45) is 1.97. The fourth-order valence-corrected chi connectivity index (χ4v) is 5.01. The van der Waals surface area contributed by atoms with Gasteiger partial charge in [0.1, 0.15) is 25.1 Å². The lowest BCUT2D eigenvalue weighted by molar-refractivity contribution is -0.141. The van der Waals surface area contributed by atoms with Gasteiger partial charge in [-0.25, -0.2) is 12.8 Å². The molecule has 0 unspecified atom stereocenters. The molecule has 208 valence electrons. The molecule has 1 aliphatic rings. The van der Waals surface area contributed by atoms with E-state index in [-0.39, 0.29) is 49.4 Å². The molecule has 2 aromatic carbocycles. The highest BCUT2D eigenvalue weighted by atomic mass is 32.2. The highest BCUT2D eigenvalue weighted by molar-refractivity contribution is 7.92. The third-order valence-electron chi connectivity index (χ3n) is 6.43. The van der Waals surface area contributed by atoms with Gasteiger partial charge < -0.3 is 19.7 Å². The van der Waals surface area contributed by atoms with Crippen molar-refractivity contribution in [1.29, 1.82) is 0 Å². The quantitative estimate of drug-likeness (QED) is 0.435. The van der Waals surface area contributed by atoms with Gasteiger partial charge in [0.05, 0.1) is 11.9 Å². The van der Waals surface area contributed by atoms with Gasteiger partial charge in [-0.15, -0.1) is 0 Å². The molecule has 0 radical (unpaired) electrons. The predicted molar refractivity (Wildman–Crippen MR) is 143 cm³/mol. The number of hydrogen-bond acceptors (Lipinski definition) is 6. The first-order chi connectivity index (χ1) is 18.0. The summed E-state index contributed by atoms with van der Waals surface area (Å²) in [5.74, 6) is -0.191. The number of halogens is 1. The standard InChI is InChI=1S/C27H36FN3O6S/c1-5-19(2)29-27(33)20(3)30(18-21-9-6-7-10-23(21)28)26(32)11-8-14-31(38(4,34)35)22-12-13-24-25(17-22)37-16-15-36-24/h6-7,9-10,12-13,17,19-20H,5,8,11,14-16,18H2,1-4H3,(H,29,33)/t19-,20-/m1/s1. The number of nitrogens with zero attached hydrogens (tertiary/aromatic N) is 2. The van der Waals surface area contributed by atoms with Crippen LogP contribution in [0.3, 0.4) is 0 Å². The minimum atomic E-state index is -3.66.